The molecule has 0 saturated heterocycles. The van der Waals surface area contributed by atoms with Gasteiger partial charge in [0.15, 0.2) is 6.61 Å². The van der Waals surface area contributed by atoms with Crippen molar-refractivity contribution in [2.24, 2.45) is 0 Å². The summed E-state index contributed by atoms with van der Waals surface area (Å²) in [6.45, 7) is -0.146. The van der Waals surface area contributed by atoms with E-state index in [4.69, 9.17) is 21.1 Å². The van der Waals surface area contributed by atoms with Gasteiger partial charge in [-0.25, -0.2) is 9.18 Å². The molecular formula is C17H15ClFNO4. The van der Waals surface area contributed by atoms with E-state index in [0.29, 0.717) is 6.54 Å². The number of hydrogen-bond acceptors (Lipinski definition) is 4. The van der Waals surface area contributed by atoms with E-state index in [9.17, 15) is 14.0 Å². The Kier molecular flexibility index (Phi) is 6.14. The minimum Gasteiger partial charge on any atom is -0.497 e. The summed E-state index contributed by atoms with van der Waals surface area (Å²) in [7, 11) is 1.57. The van der Waals surface area contributed by atoms with Gasteiger partial charge >= 0.3 is 5.97 Å². The molecule has 7 heteroatoms. The molecule has 0 radical (unpaired) electrons. The van der Waals surface area contributed by atoms with Crippen molar-refractivity contribution in [3.05, 3.63) is 64.4 Å². The van der Waals surface area contributed by atoms with Crippen LogP contribution >= 0.6 is 11.6 Å². The minimum absolute atomic E-state index is 0.0735. The number of carbonyl (C=O) groups excluding carboxylic acids is 2. The second kappa shape index (κ2) is 8.31. The average molecular weight is 352 g/mol. The SMILES string of the molecule is COc1ccc(CNC(=O)COC(=O)c2ccc(F)c(Cl)c2)cc1. The quantitative estimate of drug-likeness (QED) is 0.813. The zero-order chi connectivity index (χ0) is 17.5. The summed E-state index contributed by atoms with van der Waals surface area (Å²) in [5.74, 6) is -1.12. The molecule has 0 aliphatic rings. The fourth-order valence-electron chi connectivity index (χ4n) is 1.83. The first-order valence-electron chi connectivity index (χ1n) is 7.01. The van der Waals surface area contributed by atoms with E-state index >= 15 is 0 Å². The van der Waals surface area contributed by atoms with Crippen molar-refractivity contribution in [3.63, 3.8) is 0 Å². The molecule has 0 aromatic heterocycles. The van der Waals surface area contributed by atoms with Gasteiger partial charge in [-0.3, -0.25) is 4.79 Å². The second-order valence-electron chi connectivity index (χ2n) is 4.83. The van der Waals surface area contributed by atoms with Gasteiger partial charge in [-0.2, -0.15) is 0 Å². The van der Waals surface area contributed by atoms with Crippen LogP contribution in [0.2, 0.25) is 5.02 Å². The van der Waals surface area contributed by atoms with Gasteiger partial charge in [-0.1, -0.05) is 23.7 Å². The van der Waals surface area contributed by atoms with Crippen molar-refractivity contribution in [2.45, 2.75) is 6.54 Å². The molecular weight excluding hydrogens is 337 g/mol. The molecule has 0 saturated carbocycles. The fraction of sp³-hybridized carbons (Fsp3) is 0.176. The molecule has 126 valence electrons. The van der Waals surface area contributed by atoms with Gasteiger partial charge in [0.2, 0.25) is 0 Å². The monoisotopic (exact) mass is 351 g/mol. The number of halogens is 2. The summed E-state index contributed by atoms with van der Waals surface area (Å²) in [6, 6.07) is 10.6. The lowest BCUT2D eigenvalue weighted by Gasteiger charge is -2.08. The van der Waals surface area contributed by atoms with E-state index < -0.39 is 24.3 Å². The summed E-state index contributed by atoms with van der Waals surface area (Å²) < 4.78 is 22.9. The number of methoxy groups -OCH3 is 1. The molecule has 24 heavy (non-hydrogen) atoms. The number of benzene rings is 2. The molecule has 0 fully saturated rings. The first kappa shape index (κ1) is 17.7. The third-order valence-corrected chi connectivity index (χ3v) is 3.43. The van der Waals surface area contributed by atoms with Crippen molar-refractivity contribution in [3.8, 4) is 5.75 Å². The van der Waals surface area contributed by atoms with Crippen LogP contribution < -0.4 is 10.1 Å². The van der Waals surface area contributed by atoms with Crippen LogP contribution in [0.5, 0.6) is 5.75 Å². The zero-order valence-electron chi connectivity index (χ0n) is 12.8. The van der Waals surface area contributed by atoms with E-state index in [1.54, 1.807) is 19.2 Å². The Hall–Kier alpha value is -2.60. The fourth-order valence-corrected chi connectivity index (χ4v) is 2.01. The molecule has 2 rings (SSSR count). The van der Waals surface area contributed by atoms with E-state index in [1.165, 1.54) is 6.07 Å². The molecule has 0 bridgehead atoms. The number of hydrogen-bond donors (Lipinski definition) is 1. The van der Waals surface area contributed by atoms with Crippen LogP contribution in [0, 0.1) is 5.82 Å². The molecule has 0 spiro atoms. The molecule has 2 aromatic rings. The van der Waals surface area contributed by atoms with Crippen LogP contribution in [0.25, 0.3) is 0 Å². The van der Waals surface area contributed by atoms with Gasteiger partial charge in [0.25, 0.3) is 5.91 Å². The van der Waals surface area contributed by atoms with Crippen LogP contribution in [0.4, 0.5) is 4.39 Å². The molecule has 0 aliphatic carbocycles. The largest absolute Gasteiger partial charge is 0.497 e. The molecule has 5 nitrogen and oxygen atoms in total. The molecule has 0 unspecified atom stereocenters. The average Bonchev–Trinajstić information content (AvgIpc) is 2.60. The first-order valence-corrected chi connectivity index (χ1v) is 7.39. The Morgan fingerprint density at radius 1 is 1.17 bits per heavy atom. The maximum Gasteiger partial charge on any atom is 0.338 e. The predicted octanol–water partition coefficient (Wildman–Crippen LogP) is 2.96. The predicted molar refractivity (Wildman–Crippen MR) is 86.5 cm³/mol. The Balaban J connectivity index is 1.79. The summed E-state index contributed by atoms with van der Waals surface area (Å²) in [4.78, 5) is 23.5. The van der Waals surface area contributed by atoms with Gasteiger partial charge in [0.1, 0.15) is 11.6 Å². The van der Waals surface area contributed by atoms with Crippen molar-refractivity contribution in [1.29, 1.82) is 0 Å². The molecule has 1 N–H and O–H groups in total. The number of ether oxygens (including phenoxy) is 2. The van der Waals surface area contributed by atoms with Crippen molar-refractivity contribution >= 4 is 23.5 Å². The third kappa shape index (κ3) is 4.96. The Labute approximate surface area is 143 Å². The number of esters is 1. The maximum absolute atomic E-state index is 13.0. The van der Waals surface area contributed by atoms with E-state index in [-0.39, 0.29) is 10.6 Å². The zero-order valence-corrected chi connectivity index (χ0v) is 13.6. The van der Waals surface area contributed by atoms with Crippen LogP contribution in [-0.2, 0) is 16.1 Å². The normalized spacial score (nSPS) is 10.1. The highest BCUT2D eigenvalue weighted by atomic mass is 35.5. The highest BCUT2D eigenvalue weighted by Crippen LogP contribution is 2.16. The van der Waals surface area contributed by atoms with Crippen molar-refractivity contribution < 1.29 is 23.5 Å². The summed E-state index contributed by atoms with van der Waals surface area (Å²) in [5.41, 5.74) is 0.949. The lowest BCUT2D eigenvalue weighted by atomic mass is 10.2. The lowest BCUT2D eigenvalue weighted by Crippen LogP contribution is -2.28. The van der Waals surface area contributed by atoms with Gasteiger partial charge in [-0.05, 0) is 35.9 Å². The van der Waals surface area contributed by atoms with E-state index in [0.717, 1.165) is 23.4 Å². The van der Waals surface area contributed by atoms with Gasteiger partial charge < -0.3 is 14.8 Å². The van der Waals surface area contributed by atoms with Crippen LogP contribution in [0.3, 0.4) is 0 Å². The molecule has 0 heterocycles. The smallest absolute Gasteiger partial charge is 0.338 e. The van der Waals surface area contributed by atoms with E-state index in [2.05, 4.69) is 5.32 Å². The Morgan fingerprint density at radius 3 is 2.50 bits per heavy atom. The Morgan fingerprint density at radius 2 is 1.88 bits per heavy atom. The third-order valence-electron chi connectivity index (χ3n) is 3.14. The molecule has 0 aliphatic heterocycles. The van der Waals surface area contributed by atoms with Gasteiger partial charge in [0, 0.05) is 6.54 Å². The number of carbonyl (C=O) groups is 2. The highest BCUT2D eigenvalue weighted by Gasteiger charge is 2.12. The standard InChI is InChI=1S/C17H15ClFNO4/c1-23-13-5-2-11(3-6-13)9-20-16(21)10-24-17(22)12-4-7-15(19)14(18)8-12/h2-8H,9-10H2,1H3,(H,20,21). The number of nitrogens with one attached hydrogen (secondary N) is 1. The topological polar surface area (TPSA) is 64.6 Å². The minimum atomic E-state index is -0.753. The molecule has 0 atom stereocenters. The summed E-state index contributed by atoms with van der Waals surface area (Å²) in [6.07, 6.45) is 0. The number of rotatable bonds is 6. The summed E-state index contributed by atoms with van der Waals surface area (Å²) >= 11 is 5.59. The van der Waals surface area contributed by atoms with Gasteiger partial charge in [0.05, 0.1) is 17.7 Å². The lowest BCUT2D eigenvalue weighted by molar-refractivity contribution is -0.124. The molecule has 1 amide bonds. The van der Waals surface area contributed by atoms with E-state index in [1.807, 2.05) is 12.1 Å². The molecule has 2 aromatic carbocycles. The Bertz CT molecular complexity index is 734. The van der Waals surface area contributed by atoms with Crippen molar-refractivity contribution in [1.82, 2.24) is 5.32 Å². The van der Waals surface area contributed by atoms with Crippen molar-refractivity contribution in [2.75, 3.05) is 13.7 Å². The summed E-state index contributed by atoms with van der Waals surface area (Å²) in [5, 5.41) is 2.43. The van der Waals surface area contributed by atoms with Crippen LogP contribution in [-0.4, -0.2) is 25.6 Å². The van der Waals surface area contributed by atoms with Gasteiger partial charge in [-0.15, -0.1) is 0 Å². The van der Waals surface area contributed by atoms with Crippen LogP contribution in [0.15, 0.2) is 42.5 Å². The van der Waals surface area contributed by atoms with Crippen LogP contribution in [0.1, 0.15) is 15.9 Å². The first-order chi connectivity index (χ1) is 11.5. The highest BCUT2D eigenvalue weighted by molar-refractivity contribution is 6.31. The number of amides is 1. The maximum atomic E-state index is 13.0. The second-order valence-corrected chi connectivity index (χ2v) is 5.24.